The number of sulfonamides is 1. The van der Waals surface area contributed by atoms with Crippen molar-refractivity contribution in [2.24, 2.45) is 0 Å². The van der Waals surface area contributed by atoms with Crippen LogP contribution in [0.25, 0.3) is 0 Å². The highest BCUT2D eigenvalue weighted by molar-refractivity contribution is 7.91. The number of nitrogens with one attached hydrogen (secondary N) is 1. The Labute approximate surface area is 124 Å². The Kier molecular flexibility index (Phi) is 5.48. The summed E-state index contributed by atoms with van der Waals surface area (Å²) in [7, 11) is -7.23. The average Bonchev–Trinajstić information content (AvgIpc) is 2.37. The topological polar surface area (TPSA) is 118 Å². The molecule has 118 valence electrons. The number of carboxylic acids is 1. The summed E-state index contributed by atoms with van der Waals surface area (Å²) in [5.74, 6) is -1.60. The van der Waals surface area contributed by atoms with Crippen LogP contribution in [0.2, 0.25) is 0 Å². The molecule has 1 aromatic carbocycles. The zero-order valence-corrected chi connectivity index (χ0v) is 13.3. The second-order valence-corrected chi connectivity index (χ2v) is 8.58. The van der Waals surface area contributed by atoms with Crippen molar-refractivity contribution in [2.75, 3.05) is 18.1 Å². The van der Waals surface area contributed by atoms with Crippen LogP contribution in [-0.2, 0) is 19.9 Å². The molecule has 2 N–H and O–H groups in total. The minimum Gasteiger partial charge on any atom is -0.478 e. The van der Waals surface area contributed by atoms with Crippen LogP contribution >= 0.6 is 0 Å². The summed E-state index contributed by atoms with van der Waals surface area (Å²) >= 11 is 0. The van der Waals surface area contributed by atoms with E-state index in [1.807, 2.05) is 0 Å². The van der Waals surface area contributed by atoms with Gasteiger partial charge in [0, 0.05) is 12.3 Å². The van der Waals surface area contributed by atoms with Crippen LogP contribution in [0.1, 0.15) is 22.8 Å². The number of hydrogen-bond donors (Lipinski definition) is 2. The average molecular weight is 335 g/mol. The van der Waals surface area contributed by atoms with Gasteiger partial charge in [-0.15, -0.1) is 0 Å². The molecule has 1 aromatic rings. The monoisotopic (exact) mass is 335 g/mol. The number of hydrogen-bond acceptors (Lipinski definition) is 5. The van der Waals surface area contributed by atoms with Crippen molar-refractivity contribution in [3.05, 3.63) is 29.3 Å². The van der Waals surface area contributed by atoms with Crippen molar-refractivity contribution >= 4 is 25.8 Å². The number of aromatic carboxylic acids is 1. The minimum atomic E-state index is -3.96. The van der Waals surface area contributed by atoms with E-state index in [-0.39, 0.29) is 34.1 Å². The van der Waals surface area contributed by atoms with Gasteiger partial charge in [0.05, 0.1) is 16.2 Å². The van der Waals surface area contributed by atoms with Gasteiger partial charge >= 0.3 is 5.97 Å². The molecule has 0 aromatic heterocycles. The molecule has 0 aliphatic heterocycles. The van der Waals surface area contributed by atoms with Crippen LogP contribution < -0.4 is 4.72 Å². The maximum atomic E-state index is 12.1. The highest BCUT2D eigenvalue weighted by atomic mass is 32.2. The van der Waals surface area contributed by atoms with Gasteiger partial charge in [0.2, 0.25) is 10.0 Å². The molecule has 0 fully saturated rings. The molecule has 0 heterocycles. The Hall–Kier alpha value is -1.45. The first-order valence-electron chi connectivity index (χ1n) is 6.13. The zero-order chi connectivity index (χ0) is 16.3. The maximum Gasteiger partial charge on any atom is 0.335 e. The molecular weight excluding hydrogens is 318 g/mol. The summed E-state index contributed by atoms with van der Waals surface area (Å²) in [6.07, 6.45) is 0. The SMILES string of the molecule is CCS(=O)(=O)CCNS(=O)(=O)c1cccc(C(=O)O)c1C. The normalized spacial score (nSPS) is 12.3. The van der Waals surface area contributed by atoms with Crippen LogP contribution in [0.5, 0.6) is 0 Å². The first-order chi connectivity index (χ1) is 9.60. The predicted octanol–water partition coefficient (Wildman–Crippen LogP) is 0.406. The summed E-state index contributed by atoms with van der Waals surface area (Å²) < 4.78 is 49.0. The van der Waals surface area contributed by atoms with E-state index >= 15 is 0 Å². The van der Waals surface area contributed by atoms with Crippen molar-refractivity contribution in [3.63, 3.8) is 0 Å². The van der Waals surface area contributed by atoms with Crippen molar-refractivity contribution in [3.8, 4) is 0 Å². The molecule has 0 aliphatic carbocycles. The lowest BCUT2D eigenvalue weighted by Gasteiger charge is -2.11. The third kappa shape index (κ3) is 4.51. The van der Waals surface area contributed by atoms with Crippen LogP contribution in [0.4, 0.5) is 0 Å². The molecule has 0 aliphatic rings. The van der Waals surface area contributed by atoms with Crippen LogP contribution in [0.15, 0.2) is 23.1 Å². The molecule has 0 radical (unpaired) electrons. The van der Waals surface area contributed by atoms with E-state index in [0.717, 1.165) is 0 Å². The Balaban J connectivity index is 2.99. The van der Waals surface area contributed by atoms with E-state index in [9.17, 15) is 21.6 Å². The van der Waals surface area contributed by atoms with E-state index in [0.29, 0.717) is 0 Å². The molecule has 0 amide bonds. The maximum absolute atomic E-state index is 12.1. The van der Waals surface area contributed by atoms with E-state index in [4.69, 9.17) is 5.11 Å². The molecule has 9 heteroatoms. The fourth-order valence-electron chi connectivity index (χ4n) is 1.69. The van der Waals surface area contributed by atoms with Crippen molar-refractivity contribution in [1.82, 2.24) is 4.72 Å². The Morgan fingerprint density at radius 1 is 1.24 bits per heavy atom. The number of carboxylic acid groups (broad SMARTS) is 1. The first-order valence-corrected chi connectivity index (χ1v) is 9.44. The molecule has 0 atom stereocenters. The molecule has 1 rings (SSSR count). The molecule has 0 spiro atoms. The molecule has 21 heavy (non-hydrogen) atoms. The Morgan fingerprint density at radius 3 is 2.38 bits per heavy atom. The molecule has 0 saturated heterocycles. The molecule has 7 nitrogen and oxygen atoms in total. The highest BCUT2D eigenvalue weighted by Gasteiger charge is 2.21. The quantitative estimate of drug-likeness (QED) is 0.745. The van der Waals surface area contributed by atoms with Crippen LogP contribution in [-0.4, -0.2) is 46.0 Å². The largest absolute Gasteiger partial charge is 0.478 e. The second-order valence-electron chi connectivity index (χ2n) is 4.37. The van der Waals surface area contributed by atoms with E-state index < -0.39 is 25.8 Å². The Morgan fingerprint density at radius 2 is 1.86 bits per heavy atom. The van der Waals surface area contributed by atoms with Gasteiger partial charge in [0.1, 0.15) is 0 Å². The van der Waals surface area contributed by atoms with Gasteiger partial charge in [0.25, 0.3) is 0 Å². The predicted molar refractivity (Wildman–Crippen MR) is 77.7 cm³/mol. The fraction of sp³-hybridized carbons (Fsp3) is 0.417. The Bertz CT molecular complexity index is 737. The fourth-order valence-corrected chi connectivity index (χ4v) is 3.82. The van der Waals surface area contributed by atoms with Crippen molar-refractivity contribution in [2.45, 2.75) is 18.7 Å². The molecule has 0 bridgehead atoms. The summed E-state index contributed by atoms with van der Waals surface area (Å²) in [5, 5.41) is 8.98. The smallest absolute Gasteiger partial charge is 0.335 e. The third-order valence-electron chi connectivity index (χ3n) is 2.95. The summed E-state index contributed by atoms with van der Waals surface area (Å²) in [4.78, 5) is 10.8. The van der Waals surface area contributed by atoms with Crippen molar-refractivity contribution < 1.29 is 26.7 Å². The van der Waals surface area contributed by atoms with Gasteiger partial charge in [-0.3, -0.25) is 0 Å². The minimum absolute atomic E-state index is 0.0672. The van der Waals surface area contributed by atoms with E-state index in [2.05, 4.69) is 4.72 Å². The van der Waals surface area contributed by atoms with E-state index in [1.165, 1.54) is 32.0 Å². The lowest BCUT2D eigenvalue weighted by atomic mass is 10.1. The lowest BCUT2D eigenvalue weighted by Crippen LogP contribution is -2.30. The van der Waals surface area contributed by atoms with Crippen molar-refractivity contribution in [1.29, 1.82) is 0 Å². The summed E-state index contributed by atoms with van der Waals surface area (Å²) in [5.41, 5.74) is -0.00472. The molecule has 0 unspecified atom stereocenters. The summed E-state index contributed by atoms with van der Waals surface area (Å²) in [6.45, 7) is 2.61. The van der Waals surface area contributed by atoms with Gasteiger partial charge in [-0.05, 0) is 24.6 Å². The summed E-state index contributed by atoms with van der Waals surface area (Å²) in [6, 6.07) is 3.91. The first kappa shape index (κ1) is 17.6. The van der Waals surface area contributed by atoms with Gasteiger partial charge in [0.15, 0.2) is 9.84 Å². The van der Waals surface area contributed by atoms with Gasteiger partial charge in [-0.25, -0.2) is 26.4 Å². The number of rotatable bonds is 7. The van der Waals surface area contributed by atoms with Gasteiger partial charge in [-0.2, -0.15) is 0 Å². The number of benzene rings is 1. The van der Waals surface area contributed by atoms with Gasteiger partial charge < -0.3 is 5.11 Å². The van der Waals surface area contributed by atoms with Crippen LogP contribution in [0, 0.1) is 6.92 Å². The van der Waals surface area contributed by atoms with Gasteiger partial charge in [-0.1, -0.05) is 13.0 Å². The molecular formula is C12H17NO6S2. The lowest BCUT2D eigenvalue weighted by molar-refractivity contribution is 0.0695. The highest BCUT2D eigenvalue weighted by Crippen LogP contribution is 2.18. The molecule has 0 saturated carbocycles. The third-order valence-corrected chi connectivity index (χ3v) is 6.26. The van der Waals surface area contributed by atoms with Crippen LogP contribution in [0.3, 0.4) is 0 Å². The standard InChI is InChI=1S/C12H17NO6S2/c1-3-20(16,17)8-7-13-21(18,19)11-6-4-5-10(9(11)2)12(14)15/h4-6,13H,3,7-8H2,1-2H3,(H,14,15). The number of sulfone groups is 1. The number of carbonyl (C=O) groups is 1. The second kappa shape index (κ2) is 6.54. The zero-order valence-electron chi connectivity index (χ0n) is 11.7. The van der Waals surface area contributed by atoms with E-state index in [1.54, 1.807) is 0 Å².